The maximum atomic E-state index is 4.43. The van der Waals surface area contributed by atoms with Crippen LogP contribution in [-0.2, 0) is 13.6 Å². The van der Waals surface area contributed by atoms with Gasteiger partial charge >= 0.3 is 0 Å². The lowest BCUT2D eigenvalue weighted by molar-refractivity contribution is 0.248. The van der Waals surface area contributed by atoms with Crippen molar-refractivity contribution in [3.8, 4) is 0 Å². The van der Waals surface area contributed by atoms with Crippen LogP contribution in [0, 0.1) is 6.92 Å². The predicted molar refractivity (Wildman–Crippen MR) is 81.9 cm³/mol. The molecule has 20 heavy (non-hydrogen) atoms. The van der Waals surface area contributed by atoms with Crippen LogP contribution in [-0.4, -0.2) is 40.6 Å². The van der Waals surface area contributed by atoms with Gasteiger partial charge in [-0.1, -0.05) is 29.8 Å². The maximum Gasteiger partial charge on any atom is 0.205 e. The number of rotatable bonds is 3. The molecular formula is C16H22N4. The van der Waals surface area contributed by atoms with E-state index in [0.29, 0.717) is 0 Å². The van der Waals surface area contributed by atoms with Gasteiger partial charge < -0.3 is 9.47 Å². The van der Waals surface area contributed by atoms with Gasteiger partial charge in [0.15, 0.2) is 0 Å². The van der Waals surface area contributed by atoms with Gasteiger partial charge in [0.2, 0.25) is 5.95 Å². The van der Waals surface area contributed by atoms with Crippen LogP contribution in [0.4, 0.5) is 5.95 Å². The molecule has 1 fully saturated rings. The third-order valence-corrected chi connectivity index (χ3v) is 3.98. The summed E-state index contributed by atoms with van der Waals surface area (Å²) in [4.78, 5) is 9.31. The van der Waals surface area contributed by atoms with Gasteiger partial charge in [0.05, 0.1) is 0 Å². The molecule has 0 amide bonds. The average Bonchev–Trinajstić information content (AvgIpc) is 2.89. The highest BCUT2D eigenvalue weighted by Crippen LogP contribution is 2.14. The van der Waals surface area contributed by atoms with Gasteiger partial charge in [-0.15, -0.1) is 0 Å². The molecule has 1 aromatic heterocycles. The molecule has 3 rings (SSSR count). The SMILES string of the molecule is Cc1ccc(CN2CCN(c3nccn3C)CC2)cc1. The van der Waals surface area contributed by atoms with E-state index < -0.39 is 0 Å². The fraction of sp³-hybridized carbons (Fsp3) is 0.438. The van der Waals surface area contributed by atoms with Gasteiger partial charge in [0.1, 0.15) is 0 Å². The lowest BCUT2D eigenvalue weighted by Gasteiger charge is -2.35. The summed E-state index contributed by atoms with van der Waals surface area (Å²) in [5.74, 6) is 1.08. The molecule has 0 bridgehead atoms. The second kappa shape index (κ2) is 5.67. The van der Waals surface area contributed by atoms with Crippen LogP contribution in [0.1, 0.15) is 11.1 Å². The van der Waals surface area contributed by atoms with Gasteiger partial charge in [0, 0.05) is 52.2 Å². The lowest BCUT2D eigenvalue weighted by atomic mass is 10.1. The number of benzene rings is 1. The molecule has 1 aliphatic rings. The molecule has 0 spiro atoms. The van der Waals surface area contributed by atoms with E-state index in [0.717, 1.165) is 38.7 Å². The fourth-order valence-electron chi connectivity index (χ4n) is 2.72. The Morgan fingerprint density at radius 1 is 1.05 bits per heavy atom. The monoisotopic (exact) mass is 270 g/mol. The van der Waals surface area contributed by atoms with Gasteiger partial charge in [-0.3, -0.25) is 4.90 Å². The number of aryl methyl sites for hydroxylation is 2. The molecule has 4 heteroatoms. The van der Waals surface area contributed by atoms with Crippen molar-refractivity contribution in [3.63, 3.8) is 0 Å². The molecule has 1 aromatic carbocycles. The predicted octanol–water partition coefficient (Wildman–Crippen LogP) is 2.05. The summed E-state index contributed by atoms with van der Waals surface area (Å²) in [6.07, 6.45) is 3.88. The molecule has 2 heterocycles. The molecule has 0 radical (unpaired) electrons. The topological polar surface area (TPSA) is 24.3 Å². The van der Waals surface area contributed by atoms with Crippen LogP contribution in [0.5, 0.6) is 0 Å². The number of hydrogen-bond donors (Lipinski definition) is 0. The van der Waals surface area contributed by atoms with E-state index in [1.165, 1.54) is 11.1 Å². The first-order chi connectivity index (χ1) is 9.72. The zero-order chi connectivity index (χ0) is 13.9. The van der Waals surface area contributed by atoms with Crippen LogP contribution in [0.3, 0.4) is 0 Å². The minimum Gasteiger partial charge on any atom is -0.340 e. The Hall–Kier alpha value is -1.81. The van der Waals surface area contributed by atoms with Crippen molar-refractivity contribution in [2.75, 3.05) is 31.1 Å². The molecule has 0 N–H and O–H groups in total. The Bertz CT molecular complexity index is 550. The molecule has 0 atom stereocenters. The summed E-state index contributed by atoms with van der Waals surface area (Å²) in [5.41, 5.74) is 2.73. The van der Waals surface area contributed by atoms with E-state index in [-0.39, 0.29) is 0 Å². The zero-order valence-electron chi connectivity index (χ0n) is 12.3. The van der Waals surface area contributed by atoms with E-state index in [4.69, 9.17) is 0 Å². The molecule has 1 saturated heterocycles. The Morgan fingerprint density at radius 2 is 1.75 bits per heavy atom. The highest BCUT2D eigenvalue weighted by molar-refractivity contribution is 5.31. The first-order valence-corrected chi connectivity index (χ1v) is 7.22. The van der Waals surface area contributed by atoms with Gasteiger partial charge in [0.25, 0.3) is 0 Å². The van der Waals surface area contributed by atoms with Crippen molar-refractivity contribution in [1.82, 2.24) is 14.5 Å². The lowest BCUT2D eigenvalue weighted by Crippen LogP contribution is -2.46. The quantitative estimate of drug-likeness (QED) is 0.853. The second-order valence-electron chi connectivity index (χ2n) is 5.59. The molecule has 2 aromatic rings. The summed E-state index contributed by atoms with van der Waals surface area (Å²) in [5, 5.41) is 0. The maximum absolute atomic E-state index is 4.43. The van der Waals surface area contributed by atoms with Crippen LogP contribution in [0.2, 0.25) is 0 Å². The van der Waals surface area contributed by atoms with Crippen LogP contribution in [0.25, 0.3) is 0 Å². The smallest absolute Gasteiger partial charge is 0.205 e. The van der Waals surface area contributed by atoms with Crippen LogP contribution >= 0.6 is 0 Å². The first-order valence-electron chi connectivity index (χ1n) is 7.22. The van der Waals surface area contributed by atoms with Crippen molar-refractivity contribution in [2.45, 2.75) is 13.5 Å². The van der Waals surface area contributed by atoms with Crippen molar-refractivity contribution >= 4 is 5.95 Å². The Balaban J connectivity index is 1.56. The first kappa shape index (κ1) is 13.2. The van der Waals surface area contributed by atoms with E-state index in [9.17, 15) is 0 Å². The van der Waals surface area contributed by atoms with E-state index >= 15 is 0 Å². The van der Waals surface area contributed by atoms with Gasteiger partial charge in [-0.05, 0) is 12.5 Å². The molecule has 106 valence electrons. The molecule has 4 nitrogen and oxygen atoms in total. The van der Waals surface area contributed by atoms with Crippen LogP contribution < -0.4 is 4.90 Å². The molecule has 0 unspecified atom stereocenters. The van der Waals surface area contributed by atoms with E-state index in [1.807, 2.05) is 12.4 Å². The van der Waals surface area contributed by atoms with Crippen molar-refractivity contribution < 1.29 is 0 Å². The van der Waals surface area contributed by atoms with E-state index in [2.05, 4.69) is 57.6 Å². The number of hydrogen-bond acceptors (Lipinski definition) is 3. The summed E-state index contributed by atoms with van der Waals surface area (Å²) in [7, 11) is 2.06. The third-order valence-electron chi connectivity index (χ3n) is 3.98. The number of aromatic nitrogens is 2. The molecule has 1 aliphatic heterocycles. The average molecular weight is 270 g/mol. The van der Waals surface area contributed by atoms with Crippen LogP contribution in [0.15, 0.2) is 36.7 Å². The summed E-state index contributed by atoms with van der Waals surface area (Å²) < 4.78 is 2.09. The largest absolute Gasteiger partial charge is 0.340 e. The molecular weight excluding hydrogens is 248 g/mol. The zero-order valence-corrected chi connectivity index (χ0v) is 12.3. The van der Waals surface area contributed by atoms with E-state index in [1.54, 1.807) is 0 Å². The number of piperazine rings is 1. The van der Waals surface area contributed by atoms with Crippen molar-refractivity contribution in [3.05, 3.63) is 47.8 Å². The van der Waals surface area contributed by atoms with Gasteiger partial charge in [-0.25, -0.2) is 4.98 Å². The van der Waals surface area contributed by atoms with Crippen molar-refractivity contribution in [1.29, 1.82) is 0 Å². The minimum absolute atomic E-state index is 1.05. The Morgan fingerprint density at radius 3 is 2.35 bits per heavy atom. The minimum atomic E-state index is 1.05. The summed E-state index contributed by atoms with van der Waals surface area (Å²) in [6, 6.07) is 8.86. The number of nitrogens with zero attached hydrogens (tertiary/aromatic N) is 4. The third kappa shape index (κ3) is 2.85. The molecule has 0 saturated carbocycles. The summed E-state index contributed by atoms with van der Waals surface area (Å²) in [6.45, 7) is 7.49. The second-order valence-corrected chi connectivity index (χ2v) is 5.59. The Labute approximate surface area is 120 Å². The normalized spacial score (nSPS) is 16.6. The highest BCUT2D eigenvalue weighted by atomic mass is 15.3. The number of anilines is 1. The highest BCUT2D eigenvalue weighted by Gasteiger charge is 2.19. The fourth-order valence-corrected chi connectivity index (χ4v) is 2.72. The summed E-state index contributed by atoms with van der Waals surface area (Å²) >= 11 is 0. The standard InChI is InChI=1S/C16H22N4/c1-14-3-5-15(6-4-14)13-19-9-11-20(12-10-19)16-17-7-8-18(16)2/h3-8H,9-13H2,1-2H3. The number of imidazole rings is 1. The van der Waals surface area contributed by atoms with Crippen molar-refractivity contribution in [2.24, 2.45) is 7.05 Å². The Kier molecular flexibility index (Phi) is 3.74. The molecule has 0 aliphatic carbocycles. The van der Waals surface area contributed by atoms with Gasteiger partial charge in [-0.2, -0.15) is 0 Å².